The molecule has 0 radical (unpaired) electrons. The van der Waals surface area contributed by atoms with Crippen LogP contribution >= 0.6 is 0 Å². The molecule has 4 rings (SSSR count). The Bertz CT molecular complexity index is 818. The van der Waals surface area contributed by atoms with E-state index >= 15 is 0 Å². The second-order valence-corrected chi connectivity index (χ2v) is 6.55. The van der Waals surface area contributed by atoms with Gasteiger partial charge in [0.2, 0.25) is 5.88 Å². The third-order valence-corrected chi connectivity index (χ3v) is 4.78. The van der Waals surface area contributed by atoms with Crippen LogP contribution in [0.4, 0.5) is 0 Å². The molecular formula is C19H23N5O. The van der Waals surface area contributed by atoms with E-state index in [1.165, 1.54) is 32.4 Å². The fraction of sp³-hybridized carbons (Fsp3) is 0.368. The third-order valence-electron chi connectivity index (χ3n) is 4.78. The number of likely N-dealkylation sites (tertiary alicyclic amines) is 1. The van der Waals surface area contributed by atoms with Gasteiger partial charge in [0.15, 0.2) is 0 Å². The summed E-state index contributed by atoms with van der Waals surface area (Å²) in [5, 5.41) is 14.6. The van der Waals surface area contributed by atoms with E-state index in [2.05, 4.69) is 20.0 Å². The van der Waals surface area contributed by atoms with E-state index in [1.54, 1.807) is 12.4 Å². The van der Waals surface area contributed by atoms with Gasteiger partial charge in [-0.05, 0) is 37.6 Å². The van der Waals surface area contributed by atoms with Crippen LogP contribution in [0.3, 0.4) is 0 Å². The smallest absolute Gasteiger partial charge is 0.238 e. The first-order valence-electron chi connectivity index (χ1n) is 8.88. The molecule has 1 fully saturated rings. The minimum Gasteiger partial charge on any atom is -0.492 e. The molecule has 6 heteroatoms. The summed E-state index contributed by atoms with van der Waals surface area (Å²) in [6.07, 6.45) is 9.39. The number of aromatic nitrogens is 4. The van der Waals surface area contributed by atoms with Crippen molar-refractivity contribution < 1.29 is 5.11 Å². The molecule has 0 atom stereocenters. The Morgan fingerprint density at radius 2 is 1.92 bits per heavy atom. The van der Waals surface area contributed by atoms with Gasteiger partial charge in [-0.2, -0.15) is 0 Å². The summed E-state index contributed by atoms with van der Waals surface area (Å²) < 4.78 is 1.85. The number of aromatic hydroxyl groups is 1. The monoisotopic (exact) mass is 337 g/mol. The van der Waals surface area contributed by atoms with Crippen LogP contribution in [0.2, 0.25) is 0 Å². The minimum atomic E-state index is 0.0789. The Hall–Kier alpha value is -2.60. The fourth-order valence-electron chi connectivity index (χ4n) is 3.41. The molecule has 1 saturated heterocycles. The van der Waals surface area contributed by atoms with Gasteiger partial charge in [-0.25, -0.2) is 4.98 Å². The summed E-state index contributed by atoms with van der Waals surface area (Å²) in [5.41, 5.74) is 2.69. The lowest BCUT2D eigenvalue weighted by Gasteiger charge is -2.26. The average Bonchev–Trinajstić information content (AvgIpc) is 3.31. The lowest BCUT2D eigenvalue weighted by Crippen LogP contribution is -2.32. The van der Waals surface area contributed by atoms with Crippen LogP contribution in [0.5, 0.6) is 5.88 Å². The lowest BCUT2D eigenvalue weighted by molar-refractivity contribution is 0.217. The number of nitrogens with one attached hydrogen (secondary N) is 1. The van der Waals surface area contributed by atoms with Gasteiger partial charge < -0.3 is 15.0 Å². The van der Waals surface area contributed by atoms with E-state index in [4.69, 9.17) is 0 Å². The van der Waals surface area contributed by atoms with Gasteiger partial charge in [0.25, 0.3) is 0 Å². The van der Waals surface area contributed by atoms with Crippen LogP contribution in [0.15, 0.2) is 42.9 Å². The zero-order chi connectivity index (χ0) is 17.1. The second-order valence-electron chi connectivity index (χ2n) is 6.55. The minimum absolute atomic E-state index is 0.0789. The van der Waals surface area contributed by atoms with Crippen molar-refractivity contribution in [2.75, 3.05) is 19.6 Å². The Balaban J connectivity index is 1.51. The average molecular weight is 337 g/mol. The highest BCUT2D eigenvalue weighted by Gasteiger charge is 2.13. The van der Waals surface area contributed by atoms with Crippen LogP contribution < -0.4 is 0 Å². The molecule has 0 saturated carbocycles. The van der Waals surface area contributed by atoms with Crippen molar-refractivity contribution in [3.63, 3.8) is 0 Å². The molecule has 0 bridgehead atoms. The zero-order valence-electron chi connectivity index (χ0n) is 14.2. The quantitative estimate of drug-likeness (QED) is 0.750. The molecule has 2 N–H and O–H groups in total. The zero-order valence-corrected chi connectivity index (χ0v) is 14.2. The molecule has 0 amide bonds. The summed E-state index contributed by atoms with van der Waals surface area (Å²) in [4.78, 5) is 9.87. The highest BCUT2D eigenvalue weighted by Crippen LogP contribution is 2.30. The van der Waals surface area contributed by atoms with Gasteiger partial charge in [0, 0.05) is 30.7 Å². The first-order chi connectivity index (χ1) is 12.3. The number of benzene rings is 1. The first kappa shape index (κ1) is 15.9. The number of piperidine rings is 1. The Labute approximate surface area is 147 Å². The van der Waals surface area contributed by atoms with Gasteiger partial charge in [-0.3, -0.25) is 4.68 Å². The molecule has 1 aromatic carbocycles. The number of aromatic amines is 1. The van der Waals surface area contributed by atoms with Gasteiger partial charge in [0.05, 0.1) is 12.1 Å². The fourth-order valence-corrected chi connectivity index (χ4v) is 3.41. The number of nitrogens with zero attached hydrogens (tertiary/aromatic N) is 4. The van der Waals surface area contributed by atoms with Gasteiger partial charge in [-0.15, -0.1) is 5.10 Å². The third kappa shape index (κ3) is 3.58. The van der Waals surface area contributed by atoms with Crippen molar-refractivity contribution in [1.29, 1.82) is 0 Å². The van der Waals surface area contributed by atoms with E-state index < -0.39 is 0 Å². The Morgan fingerprint density at radius 3 is 2.72 bits per heavy atom. The van der Waals surface area contributed by atoms with Crippen LogP contribution in [-0.4, -0.2) is 49.4 Å². The van der Waals surface area contributed by atoms with Crippen molar-refractivity contribution in [2.45, 2.75) is 25.8 Å². The van der Waals surface area contributed by atoms with Crippen molar-refractivity contribution in [1.82, 2.24) is 24.6 Å². The number of H-pyrrole nitrogens is 1. The maximum atomic E-state index is 10.3. The standard InChI is InChI=1S/C19H23N5O/c25-19-17(14-24(22-19)12-11-23-9-2-1-3-10-23)15-5-4-6-16(13-15)18-20-7-8-21-18/h4-8,13-14H,1-3,9-12H2,(H,20,21)(H,22,25). The van der Waals surface area contributed by atoms with Gasteiger partial charge in [-0.1, -0.05) is 24.6 Å². The predicted molar refractivity (Wildman–Crippen MR) is 97.2 cm³/mol. The molecule has 6 nitrogen and oxygen atoms in total. The lowest BCUT2D eigenvalue weighted by atomic mass is 10.1. The number of rotatable bonds is 5. The summed E-state index contributed by atoms with van der Waals surface area (Å²) in [5.74, 6) is 0.897. The maximum absolute atomic E-state index is 10.3. The molecule has 2 aromatic heterocycles. The SMILES string of the molecule is Oc1nn(CCN2CCCCC2)cc1-c1cccc(-c2ncc[nH]2)c1. The molecular weight excluding hydrogens is 314 g/mol. The molecule has 3 heterocycles. The molecule has 0 aliphatic carbocycles. The number of hydrogen-bond acceptors (Lipinski definition) is 4. The molecule has 25 heavy (non-hydrogen) atoms. The van der Waals surface area contributed by atoms with Crippen molar-refractivity contribution in [2.24, 2.45) is 0 Å². The topological polar surface area (TPSA) is 70.0 Å². The van der Waals surface area contributed by atoms with E-state index in [9.17, 15) is 5.11 Å². The molecule has 1 aliphatic heterocycles. The highest BCUT2D eigenvalue weighted by atomic mass is 16.3. The molecule has 0 unspecified atom stereocenters. The van der Waals surface area contributed by atoms with Crippen LogP contribution in [0, 0.1) is 0 Å². The predicted octanol–water partition coefficient (Wildman–Crippen LogP) is 3.13. The van der Waals surface area contributed by atoms with Crippen molar-refractivity contribution in [3.8, 4) is 28.4 Å². The Morgan fingerprint density at radius 1 is 1.08 bits per heavy atom. The highest BCUT2D eigenvalue weighted by molar-refractivity contribution is 5.72. The van der Waals surface area contributed by atoms with E-state index in [0.29, 0.717) is 0 Å². The second kappa shape index (κ2) is 7.11. The van der Waals surface area contributed by atoms with E-state index in [0.717, 1.165) is 35.6 Å². The van der Waals surface area contributed by atoms with Crippen LogP contribution in [0.1, 0.15) is 19.3 Å². The van der Waals surface area contributed by atoms with Gasteiger partial charge in [0.1, 0.15) is 5.82 Å². The summed E-state index contributed by atoms with van der Waals surface area (Å²) >= 11 is 0. The van der Waals surface area contributed by atoms with E-state index in [1.807, 2.05) is 35.1 Å². The number of imidazole rings is 1. The summed E-state index contributed by atoms with van der Waals surface area (Å²) in [7, 11) is 0. The molecule has 1 aliphatic rings. The summed E-state index contributed by atoms with van der Waals surface area (Å²) in [6.45, 7) is 4.12. The van der Waals surface area contributed by atoms with Crippen molar-refractivity contribution >= 4 is 0 Å². The van der Waals surface area contributed by atoms with Crippen LogP contribution in [-0.2, 0) is 6.54 Å². The normalized spacial score (nSPS) is 15.5. The molecule has 130 valence electrons. The van der Waals surface area contributed by atoms with Crippen molar-refractivity contribution in [3.05, 3.63) is 42.9 Å². The van der Waals surface area contributed by atoms with E-state index in [-0.39, 0.29) is 5.88 Å². The first-order valence-corrected chi connectivity index (χ1v) is 8.88. The summed E-state index contributed by atoms with van der Waals surface area (Å²) in [6, 6.07) is 7.97. The molecule has 3 aromatic rings. The molecule has 0 spiro atoms. The van der Waals surface area contributed by atoms with Gasteiger partial charge >= 0.3 is 0 Å². The Kier molecular flexibility index (Phi) is 4.52. The maximum Gasteiger partial charge on any atom is 0.238 e. The largest absolute Gasteiger partial charge is 0.492 e. The van der Waals surface area contributed by atoms with Crippen LogP contribution in [0.25, 0.3) is 22.5 Å². The number of hydrogen-bond donors (Lipinski definition) is 2.